The Morgan fingerprint density at radius 2 is 2.23 bits per heavy atom. The molecule has 0 unspecified atom stereocenters. The fourth-order valence-corrected chi connectivity index (χ4v) is 2.64. The van der Waals surface area contributed by atoms with E-state index in [1.54, 1.807) is 0 Å². The van der Waals surface area contributed by atoms with E-state index < -0.39 is 5.60 Å². The number of hydrogen-bond donors (Lipinski definition) is 2. The third kappa shape index (κ3) is 5.04. The maximum absolute atomic E-state index is 11.5. The average Bonchev–Trinajstić information content (AvgIpc) is 2.75. The van der Waals surface area contributed by atoms with Gasteiger partial charge in [-0.05, 0) is 44.9 Å². The number of rotatable bonds is 4. The van der Waals surface area contributed by atoms with E-state index in [0.717, 1.165) is 22.2 Å². The van der Waals surface area contributed by atoms with Crippen LogP contribution >= 0.6 is 11.3 Å². The molecule has 0 fully saturated rings. The minimum atomic E-state index is -0.466. The molecule has 0 aliphatic carbocycles. The van der Waals surface area contributed by atoms with Gasteiger partial charge in [0.1, 0.15) is 5.60 Å². The summed E-state index contributed by atoms with van der Waals surface area (Å²) in [7, 11) is 0. The number of thiazole rings is 1. The Balaban J connectivity index is 1.80. The van der Waals surface area contributed by atoms with Gasteiger partial charge in [0.25, 0.3) is 0 Å². The van der Waals surface area contributed by atoms with Crippen LogP contribution in [0, 0.1) is 0 Å². The van der Waals surface area contributed by atoms with Crippen molar-refractivity contribution < 1.29 is 9.53 Å². The molecule has 3 N–H and O–H groups in total. The highest BCUT2D eigenvalue weighted by Crippen LogP contribution is 2.24. The Morgan fingerprint density at radius 3 is 2.95 bits per heavy atom. The molecule has 1 heterocycles. The van der Waals surface area contributed by atoms with Crippen molar-refractivity contribution in [2.75, 3.05) is 12.3 Å². The van der Waals surface area contributed by atoms with Crippen LogP contribution < -0.4 is 11.1 Å². The molecule has 0 aliphatic rings. The van der Waals surface area contributed by atoms with Crippen molar-refractivity contribution in [2.45, 2.75) is 32.8 Å². The van der Waals surface area contributed by atoms with Gasteiger partial charge in [-0.25, -0.2) is 9.78 Å². The molecule has 2 rings (SSSR count). The maximum atomic E-state index is 11.5. The second-order valence-electron chi connectivity index (χ2n) is 5.90. The summed E-state index contributed by atoms with van der Waals surface area (Å²) in [6.45, 7) is 6.07. The number of ether oxygens (including phenoxy) is 1. The first kappa shape index (κ1) is 16.3. The largest absolute Gasteiger partial charge is 0.444 e. The smallest absolute Gasteiger partial charge is 0.407 e. The van der Waals surface area contributed by atoms with Gasteiger partial charge in [0.05, 0.1) is 10.2 Å². The SMILES string of the molecule is CC(C)(C)OC(=O)NCCC=Cc1ccc2nc(N)sc2c1. The normalized spacial score (nSPS) is 12.0. The Kier molecular flexibility index (Phi) is 5.03. The van der Waals surface area contributed by atoms with Crippen molar-refractivity contribution in [3.8, 4) is 0 Å². The lowest BCUT2D eigenvalue weighted by atomic mass is 10.2. The molecule has 0 bridgehead atoms. The standard InChI is InChI=1S/C16H21N3O2S/c1-16(2,3)21-15(20)18-9-5-4-6-11-7-8-12-13(10-11)22-14(17)19-12/h4,6-8,10H,5,9H2,1-3H3,(H2,17,19)(H,18,20). The fraction of sp³-hybridized carbons (Fsp3) is 0.375. The highest BCUT2D eigenvalue weighted by molar-refractivity contribution is 7.22. The number of benzene rings is 1. The zero-order valence-corrected chi connectivity index (χ0v) is 13.9. The molecule has 1 aromatic heterocycles. The second-order valence-corrected chi connectivity index (χ2v) is 6.96. The molecule has 0 atom stereocenters. The van der Waals surface area contributed by atoms with Crippen molar-refractivity contribution in [1.29, 1.82) is 0 Å². The number of aromatic nitrogens is 1. The lowest BCUT2D eigenvalue weighted by Gasteiger charge is -2.19. The van der Waals surface area contributed by atoms with Crippen molar-refractivity contribution >= 4 is 38.9 Å². The molecule has 22 heavy (non-hydrogen) atoms. The first-order valence-electron chi connectivity index (χ1n) is 7.13. The predicted molar refractivity (Wildman–Crippen MR) is 91.9 cm³/mol. The molecule has 2 aromatic rings. The number of hydrogen-bond acceptors (Lipinski definition) is 5. The number of amides is 1. The Bertz CT molecular complexity index is 686. The van der Waals surface area contributed by atoms with Gasteiger partial charge < -0.3 is 15.8 Å². The summed E-state index contributed by atoms with van der Waals surface area (Å²) in [5.41, 5.74) is 7.24. The Morgan fingerprint density at radius 1 is 1.45 bits per heavy atom. The molecule has 6 heteroatoms. The highest BCUT2D eigenvalue weighted by Gasteiger charge is 2.15. The number of fused-ring (bicyclic) bond motifs is 1. The monoisotopic (exact) mass is 319 g/mol. The van der Waals surface area contributed by atoms with Crippen molar-refractivity contribution in [3.63, 3.8) is 0 Å². The van der Waals surface area contributed by atoms with Crippen molar-refractivity contribution in [2.24, 2.45) is 0 Å². The third-order valence-corrected chi connectivity index (χ3v) is 3.57. The molecular formula is C16H21N3O2S. The number of alkyl carbamates (subject to hydrolysis) is 1. The first-order valence-corrected chi connectivity index (χ1v) is 7.94. The van der Waals surface area contributed by atoms with E-state index >= 15 is 0 Å². The van der Waals surface area contributed by atoms with Crippen LogP contribution in [0.3, 0.4) is 0 Å². The lowest BCUT2D eigenvalue weighted by molar-refractivity contribution is 0.0529. The number of carbonyl (C=O) groups is 1. The van der Waals surface area contributed by atoms with Gasteiger partial charge in [0.15, 0.2) is 5.13 Å². The number of nitrogen functional groups attached to an aromatic ring is 1. The van der Waals surface area contributed by atoms with Crippen LogP contribution in [0.2, 0.25) is 0 Å². The highest BCUT2D eigenvalue weighted by atomic mass is 32.1. The predicted octanol–water partition coefficient (Wildman–Crippen LogP) is 3.81. The van der Waals surface area contributed by atoms with E-state index in [0.29, 0.717) is 11.7 Å². The van der Waals surface area contributed by atoms with Gasteiger partial charge in [-0.2, -0.15) is 0 Å². The zero-order valence-electron chi connectivity index (χ0n) is 13.1. The van der Waals surface area contributed by atoms with Gasteiger partial charge >= 0.3 is 6.09 Å². The number of carbonyl (C=O) groups excluding carboxylic acids is 1. The van der Waals surface area contributed by atoms with Gasteiger partial charge in [-0.3, -0.25) is 0 Å². The Hall–Kier alpha value is -2.08. The molecule has 1 aromatic carbocycles. The van der Waals surface area contributed by atoms with Crippen LogP contribution in [0.4, 0.5) is 9.93 Å². The summed E-state index contributed by atoms with van der Waals surface area (Å²) in [5.74, 6) is 0. The summed E-state index contributed by atoms with van der Waals surface area (Å²) in [6.07, 6.45) is 4.39. The van der Waals surface area contributed by atoms with Crippen LogP contribution in [-0.2, 0) is 4.74 Å². The van der Waals surface area contributed by atoms with Crippen molar-refractivity contribution in [1.82, 2.24) is 10.3 Å². The van der Waals surface area contributed by atoms with Gasteiger partial charge in [0.2, 0.25) is 0 Å². The molecule has 0 radical (unpaired) electrons. The van der Waals surface area contributed by atoms with Gasteiger partial charge in [0, 0.05) is 6.54 Å². The van der Waals surface area contributed by atoms with E-state index in [2.05, 4.69) is 16.4 Å². The summed E-state index contributed by atoms with van der Waals surface area (Å²) in [5, 5.41) is 3.30. The summed E-state index contributed by atoms with van der Waals surface area (Å²) in [4.78, 5) is 15.7. The first-order chi connectivity index (χ1) is 10.3. The van der Waals surface area contributed by atoms with Crippen LogP contribution in [-0.4, -0.2) is 23.2 Å². The minimum Gasteiger partial charge on any atom is -0.444 e. The van der Waals surface area contributed by atoms with E-state index in [9.17, 15) is 4.79 Å². The van der Waals surface area contributed by atoms with E-state index in [4.69, 9.17) is 10.5 Å². The minimum absolute atomic E-state index is 0.387. The van der Waals surface area contributed by atoms with Crippen LogP contribution in [0.1, 0.15) is 32.8 Å². The summed E-state index contributed by atoms with van der Waals surface area (Å²) >= 11 is 1.48. The third-order valence-electron chi connectivity index (χ3n) is 2.72. The van der Waals surface area contributed by atoms with E-state index in [1.165, 1.54) is 11.3 Å². The van der Waals surface area contributed by atoms with Gasteiger partial charge in [-0.1, -0.05) is 29.6 Å². The topological polar surface area (TPSA) is 77.2 Å². The number of nitrogens with one attached hydrogen (secondary N) is 1. The number of nitrogens with zero attached hydrogens (tertiary/aromatic N) is 1. The average molecular weight is 319 g/mol. The van der Waals surface area contributed by atoms with Crippen LogP contribution in [0.25, 0.3) is 16.3 Å². The zero-order chi connectivity index (χ0) is 16.2. The van der Waals surface area contributed by atoms with Crippen LogP contribution in [0.15, 0.2) is 24.3 Å². The summed E-state index contributed by atoms with van der Waals surface area (Å²) in [6, 6.07) is 6.02. The molecule has 0 saturated heterocycles. The molecule has 5 nitrogen and oxygen atoms in total. The maximum Gasteiger partial charge on any atom is 0.407 e. The van der Waals surface area contributed by atoms with Crippen molar-refractivity contribution in [3.05, 3.63) is 29.8 Å². The number of anilines is 1. The second kappa shape index (κ2) is 6.79. The number of nitrogens with two attached hydrogens (primary N) is 1. The molecule has 0 saturated carbocycles. The molecule has 118 valence electrons. The quantitative estimate of drug-likeness (QED) is 0.840. The lowest BCUT2D eigenvalue weighted by Crippen LogP contribution is -2.32. The van der Waals surface area contributed by atoms with E-state index in [1.807, 2.05) is 45.1 Å². The fourth-order valence-electron chi connectivity index (χ4n) is 1.85. The molecule has 0 aliphatic heterocycles. The van der Waals surface area contributed by atoms with E-state index in [-0.39, 0.29) is 6.09 Å². The Labute approximate surface area is 134 Å². The molecule has 1 amide bonds. The van der Waals surface area contributed by atoms with Gasteiger partial charge in [-0.15, -0.1) is 0 Å². The molecule has 0 spiro atoms. The van der Waals surface area contributed by atoms with Crippen LogP contribution in [0.5, 0.6) is 0 Å². The summed E-state index contributed by atoms with van der Waals surface area (Å²) < 4.78 is 6.24. The molecular weight excluding hydrogens is 298 g/mol.